The topological polar surface area (TPSA) is 151 Å². The van der Waals surface area contributed by atoms with Crippen LogP contribution in [0.15, 0.2) is 93.3 Å². The van der Waals surface area contributed by atoms with E-state index in [1.165, 1.54) is 5.56 Å². The molecule has 13 nitrogen and oxygen atoms in total. The van der Waals surface area contributed by atoms with Gasteiger partial charge in [0, 0.05) is 24.2 Å². The summed E-state index contributed by atoms with van der Waals surface area (Å²) in [6.07, 6.45) is 1.96. The van der Waals surface area contributed by atoms with Crippen molar-refractivity contribution in [2.24, 2.45) is 20.5 Å². The van der Waals surface area contributed by atoms with E-state index in [1.54, 1.807) is 0 Å². The molecule has 0 fully saturated rings. The molecule has 0 bridgehead atoms. The van der Waals surface area contributed by atoms with Crippen molar-refractivity contribution >= 4 is 57.1 Å². The van der Waals surface area contributed by atoms with E-state index in [4.69, 9.17) is 0 Å². The number of phenolic OH excluding ortho intramolecular Hbond substituents is 1. The van der Waals surface area contributed by atoms with Crippen LogP contribution in [-0.2, 0) is 0 Å². The van der Waals surface area contributed by atoms with Crippen LogP contribution in [0.2, 0.25) is 0 Å². The molecule has 0 aliphatic carbocycles. The molecule has 4 N–H and O–H groups in total. The van der Waals surface area contributed by atoms with Crippen molar-refractivity contribution in [2.45, 2.75) is 54.4 Å². The van der Waals surface area contributed by atoms with Gasteiger partial charge in [-0.3, -0.25) is 0 Å². The summed E-state index contributed by atoms with van der Waals surface area (Å²) < 4.78 is 0. The number of nitrogens with one attached hydrogen (secondary N) is 3. The van der Waals surface area contributed by atoms with E-state index >= 15 is 0 Å². The lowest BCUT2D eigenvalue weighted by molar-refractivity contribution is 0.303. The fourth-order valence-electron chi connectivity index (χ4n) is 5.94. The van der Waals surface area contributed by atoms with Gasteiger partial charge in [0.1, 0.15) is 5.69 Å². The summed E-state index contributed by atoms with van der Waals surface area (Å²) in [5.41, 5.74) is 5.29. The van der Waals surface area contributed by atoms with Gasteiger partial charge in [0.15, 0.2) is 5.75 Å². The maximum Gasteiger partial charge on any atom is 0.233 e. The van der Waals surface area contributed by atoms with Gasteiger partial charge in [-0.15, -0.1) is 5.11 Å². The number of aryl methyl sites for hydroxylation is 2. The van der Waals surface area contributed by atoms with Crippen molar-refractivity contribution in [3.05, 3.63) is 83.9 Å². The molecule has 54 heavy (non-hydrogen) atoms. The van der Waals surface area contributed by atoms with Crippen molar-refractivity contribution in [2.75, 3.05) is 68.3 Å². The highest BCUT2D eigenvalue weighted by molar-refractivity contribution is 5.95. The Kier molecular flexibility index (Phi) is 14.7. The molecule has 1 heterocycles. The zero-order valence-electron chi connectivity index (χ0n) is 32.5. The first-order valence-corrected chi connectivity index (χ1v) is 19.0. The first-order chi connectivity index (χ1) is 26.3. The largest absolute Gasteiger partial charge is 0.505 e. The van der Waals surface area contributed by atoms with Crippen LogP contribution in [0.1, 0.15) is 51.7 Å². The predicted molar refractivity (Wildman–Crippen MR) is 221 cm³/mol. The van der Waals surface area contributed by atoms with E-state index < -0.39 is 0 Å². The van der Waals surface area contributed by atoms with Gasteiger partial charge in [0.05, 0.1) is 17.1 Å². The Morgan fingerprint density at radius 3 is 1.59 bits per heavy atom. The van der Waals surface area contributed by atoms with Gasteiger partial charge in [-0.05, 0) is 138 Å². The van der Waals surface area contributed by atoms with E-state index in [-0.39, 0.29) is 5.75 Å². The lowest BCUT2D eigenvalue weighted by Gasteiger charge is -2.18. The van der Waals surface area contributed by atoms with Gasteiger partial charge in [-0.25, -0.2) is 0 Å². The molecule has 13 heteroatoms. The summed E-state index contributed by atoms with van der Waals surface area (Å²) in [4.78, 5) is 18.8. The summed E-state index contributed by atoms with van der Waals surface area (Å²) in [5, 5.41) is 40.4. The highest BCUT2D eigenvalue weighted by atomic mass is 16.3. The standard InChI is InChI=1S/C41H54N12O/c1-7-52(8-2)25-11-23-42-39-45-40(43-24-12-26-53(9-3)10-4)47-41(46-39)44-35-21-22-36-31(28-35)27-30(6)37(38(36)54)51-50-34-19-17-33(18-20-34)49-48-32-15-13-29(5)14-16-32/h13-22,27-28,54H,7-12,23-26H2,1-6H3,(H3,42,43,44,45,46,47). The maximum atomic E-state index is 11.3. The number of rotatable bonds is 20. The number of nitrogens with zero attached hydrogens (tertiary/aromatic N) is 9. The quantitative estimate of drug-likeness (QED) is 0.0453. The molecule has 0 aliphatic rings. The molecule has 0 saturated carbocycles. The molecular weight excluding hydrogens is 677 g/mol. The first kappa shape index (κ1) is 39.7. The summed E-state index contributed by atoms with van der Waals surface area (Å²) in [6, 6.07) is 22.9. The molecule has 5 rings (SSSR count). The van der Waals surface area contributed by atoms with Gasteiger partial charge >= 0.3 is 0 Å². The van der Waals surface area contributed by atoms with E-state index in [0.717, 1.165) is 87.5 Å². The van der Waals surface area contributed by atoms with Crippen LogP contribution in [0, 0.1) is 13.8 Å². The number of anilines is 4. The molecule has 0 aliphatic heterocycles. The molecule has 284 valence electrons. The fraction of sp³-hybridized carbons (Fsp3) is 0.390. The Labute approximate surface area is 319 Å². The second-order valence-electron chi connectivity index (χ2n) is 13.1. The van der Waals surface area contributed by atoms with Gasteiger partial charge in [-0.1, -0.05) is 45.4 Å². The van der Waals surface area contributed by atoms with E-state index in [0.29, 0.717) is 40.3 Å². The summed E-state index contributed by atoms with van der Waals surface area (Å²) in [5.74, 6) is 1.53. The first-order valence-electron chi connectivity index (χ1n) is 19.0. The SMILES string of the molecule is CCN(CC)CCCNc1nc(NCCCN(CC)CC)nc(Nc2ccc3c(O)c(N=Nc4ccc(N=Nc5ccc(C)cc5)cc4)c(C)cc3c2)n1. The molecule has 0 amide bonds. The number of azo groups is 2. The second-order valence-corrected chi connectivity index (χ2v) is 13.1. The van der Waals surface area contributed by atoms with E-state index in [9.17, 15) is 5.11 Å². The fourth-order valence-corrected chi connectivity index (χ4v) is 5.94. The zero-order chi connectivity index (χ0) is 38.3. The average Bonchev–Trinajstić information content (AvgIpc) is 3.18. The Bertz CT molecular complexity index is 1950. The second kappa shape index (κ2) is 20.1. The molecular formula is C41H54N12O. The van der Waals surface area contributed by atoms with Crippen molar-refractivity contribution in [1.82, 2.24) is 24.8 Å². The molecule has 0 unspecified atom stereocenters. The highest BCUT2D eigenvalue weighted by Crippen LogP contribution is 2.40. The minimum Gasteiger partial charge on any atom is -0.505 e. The van der Waals surface area contributed by atoms with Crippen LogP contribution < -0.4 is 16.0 Å². The monoisotopic (exact) mass is 730 g/mol. The number of benzene rings is 4. The maximum absolute atomic E-state index is 11.3. The summed E-state index contributed by atoms with van der Waals surface area (Å²) >= 11 is 0. The van der Waals surface area contributed by atoms with E-state index in [2.05, 4.69) is 88.9 Å². The third kappa shape index (κ3) is 11.5. The van der Waals surface area contributed by atoms with Crippen molar-refractivity contribution in [3.63, 3.8) is 0 Å². The number of hydrogen-bond donors (Lipinski definition) is 4. The van der Waals surface area contributed by atoms with Gasteiger partial charge in [0.25, 0.3) is 0 Å². The Hall–Kier alpha value is -5.53. The zero-order valence-corrected chi connectivity index (χ0v) is 32.5. The van der Waals surface area contributed by atoms with Crippen molar-refractivity contribution in [3.8, 4) is 5.75 Å². The van der Waals surface area contributed by atoms with Gasteiger partial charge in [-0.2, -0.15) is 30.3 Å². The predicted octanol–water partition coefficient (Wildman–Crippen LogP) is 10.2. The number of aromatic hydroxyl groups is 1. The molecule has 4 aromatic carbocycles. The van der Waals surface area contributed by atoms with Crippen LogP contribution in [0.3, 0.4) is 0 Å². The third-order valence-electron chi connectivity index (χ3n) is 9.26. The van der Waals surface area contributed by atoms with Crippen LogP contribution >= 0.6 is 0 Å². The number of aromatic nitrogens is 3. The average molecular weight is 731 g/mol. The molecule has 0 atom stereocenters. The van der Waals surface area contributed by atoms with Crippen LogP contribution in [0.5, 0.6) is 5.75 Å². The van der Waals surface area contributed by atoms with Gasteiger partial charge < -0.3 is 30.9 Å². The smallest absolute Gasteiger partial charge is 0.233 e. The molecule has 0 saturated heterocycles. The van der Waals surface area contributed by atoms with E-state index in [1.807, 2.05) is 86.6 Å². The Balaban J connectivity index is 1.28. The summed E-state index contributed by atoms with van der Waals surface area (Å²) in [6.45, 7) is 20.3. The molecule has 5 aromatic rings. The lowest BCUT2D eigenvalue weighted by Crippen LogP contribution is -2.26. The van der Waals surface area contributed by atoms with Crippen LogP contribution in [0.4, 0.5) is 46.3 Å². The summed E-state index contributed by atoms with van der Waals surface area (Å²) in [7, 11) is 0. The number of hydrogen-bond acceptors (Lipinski definition) is 13. The molecule has 0 radical (unpaired) electrons. The van der Waals surface area contributed by atoms with Crippen molar-refractivity contribution in [1.29, 1.82) is 0 Å². The van der Waals surface area contributed by atoms with Crippen LogP contribution in [-0.4, -0.2) is 82.2 Å². The lowest BCUT2D eigenvalue weighted by atomic mass is 10.0. The Morgan fingerprint density at radius 1 is 0.593 bits per heavy atom. The Morgan fingerprint density at radius 2 is 1.07 bits per heavy atom. The van der Waals surface area contributed by atoms with Crippen molar-refractivity contribution < 1.29 is 5.11 Å². The third-order valence-corrected chi connectivity index (χ3v) is 9.26. The number of fused-ring (bicyclic) bond motifs is 1. The molecule has 1 aromatic heterocycles. The van der Waals surface area contributed by atoms with Gasteiger partial charge in [0.2, 0.25) is 17.8 Å². The number of phenols is 1. The minimum atomic E-state index is 0.0661. The molecule has 0 spiro atoms. The highest BCUT2D eigenvalue weighted by Gasteiger charge is 2.13. The normalized spacial score (nSPS) is 11.8. The minimum absolute atomic E-state index is 0.0661. The van der Waals surface area contributed by atoms with Crippen LogP contribution in [0.25, 0.3) is 10.8 Å².